The van der Waals surface area contributed by atoms with Crippen molar-refractivity contribution in [2.45, 2.75) is 13.3 Å². The van der Waals surface area contributed by atoms with Crippen LogP contribution in [0.25, 0.3) is 0 Å². The molecule has 0 spiro atoms. The molecule has 0 amide bonds. The van der Waals surface area contributed by atoms with E-state index in [2.05, 4.69) is 44.8 Å². The summed E-state index contributed by atoms with van der Waals surface area (Å²) in [5.41, 5.74) is 0.982. The summed E-state index contributed by atoms with van der Waals surface area (Å²) in [4.78, 5) is 8.14. The standard InChI is InChI=1S/C13H14IN3O/c1-2-7-18-11-5-3-10(4-6-11)17-13-12(14)8-15-9-16-13/h3-6,8-9H,2,7H2,1H3,(H,15,16,17). The normalized spacial score (nSPS) is 10.1. The van der Waals surface area contributed by atoms with Crippen LogP contribution in [0.1, 0.15) is 13.3 Å². The maximum absolute atomic E-state index is 5.53. The van der Waals surface area contributed by atoms with Crippen molar-refractivity contribution in [2.24, 2.45) is 0 Å². The molecule has 1 aromatic heterocycles. The zero-order chi connectivity index (χ0) is 12.8. The Kier molecular flexibility index (Phi) is 4.74. The van der Waals surface area contributed by atoms with E-state index in [1.54, 1.807) is 6.20 Å². The van der Waals surface area contributed by atoms with Crippen molar-refractivity contribution in [3.05, 3.63) is 40.4 Å². The van der Waals surface area contributed by atoms with Crippen LogP contribution in [0.5, 0.6) is 5.75 Å². The van der Waals surface area contributed by atoms with Gasteiger partial charge in [-0.1, -0.05) is 6.92 Å². The number of rotatable bonds is 5. The zero-order valence-electron chi connectivity index (χ0n) is 10.1. The first kappa shape index (κ1) is 13.1. The number of nitrogens with one attached hydrogen (secondary N) is 1. The Morgan fingerprint density at radius 1 is 1.28 bits per heavy atom. The molecule has 0 aliphatic rings. The van der Waals surface area contributed by atoms with Crippen LogP contribution in [-0.2, 0) is 0 Å². The van der Waals surface area contributed by atoms with Gasteiger partial charge in [-0.3, -0.25) is 0 Å². The van der Waals surface area contributed by atoms with Crippen molar-refractivity contribution in [1.29, 1.82) is 0 Å². The minimum atomic E-state index is 0.747. The average Bonchev–Trinajstić information content (AvgIpc) is 2.41. The van der Waals surface area contributed by atoms with Crippen molar-refractivity contribution >= 4 is 34.1 Å². The molecule has 0 radical (unpaired) electrons. The van der Waals surface area contributed by atoms with Crippen LogP contribution in [0.2, 0.25) is 0 Å². The van der Waals surface area contributed by atoms with Gasteiger partial charge < -0.3 is 10.1 Å². The molecule has 5 heteroatoms. The lowest BCUT2D eigenvalue weighted by atomic mass is 10.3. The average molecular weight is 355 g/mol. The predicted octanol–water partition coefficient (Wildman–Crippen LogP) is 3.61. The van der Waals surface area contributed by atoms with Crippen molar-refractivity contribution in [1.82, 2.24) is 9.97 Å². The van der Waals surface area contributed by atoms with Gasteiger partial charge in [-0.15, -0.1) is 0 Å². The second-order valence-electron chi connectivity index (χ2n) is 3.72. The minimum absolute atomic E-state index is 0.747. The topological polar surface area (TPSA) is 47.0 Å². The molecule has 0 aliphatic heterocycles. The molecule has 0 saturated heterocycles. The molecule has 94 valence electrons. The Bertz CT molecular complexity index is 502. The first-order chi connectivity index (χ1) is 8.79. The number of halogens is 1. The molecule has 0 aliphatic carbocycles. The molecule has 2 aromatic rings. The van der Waals surface area contributed by atoms with Crippen molar-refractivity contribution in [3.8, 4) is 5.75 Å². The molecule has 1 N–H and O–H groups in total. The quantitative estimate of drug-likeness (QED) is 0.833. The molecule has 0 atom stereocenters. The molecular formula is C13H14IN3O. The molecule has 0 unspecified atom stereocenters. The van der Waals surface area contributed by atoms with Crippen LogP contribution in [-0.4, -0.2) is 16.6 Å². The lowest BCUT2D eigenvalue weighted by Crippen LogP contribution is -1.98. The summed E-state index contributed by atoms with van der Waals surface area (Å²) in [7, 11) is 0. The monoisotopic (exact) mass is 355 g/mol. The van der Waals surface area contributed by atoms with Gasteiger partial charge >= 0.3 is 0 Å². The van der Waals surface area contributed by atoms with Gasteiger partial charge in [0, 0.05) is 11.9 Å². The van der Waals surface area contributed by atoms with E-state index in [0.717, 1.165) is 33.9 Å². The maximum Gasteiger partial charge on any atom is 0.147 e. The molecule has 0 bridgehead atoms. The van der Waals surface area contributed by atoms with Gasteiger partial charge in [0.15, 0.2) is 0 Å². The SMILES string of the molecule is CCCOc1ccc(Nc2ncncc2I)cc1. The molecular weight excluding hydrogens is 341 g/mol. The number of benzene rings is 1. The van der Waals surface area contributed by atoms with Gasteiger partial charge in [0.25, 0.3) is 0 Å². The molecule has 0 fully saturated rings. The summed E-state index contributed by atoms with van der Waals surface area (Å²) in [6, 6.07) is 7.85. The first-order valence-corrected chi connectivity index (χ1v) is 6.83. The lowest BCUT2D eigenvalue weighted by molar-refractivity contribution is 0.317. The summed E-state index contributed by atoms with van der Waals surface area (Å²) >= 11 is 2.20. The number of anilines is 2. The Morgan fingerprint density at radius 3 is 2.72 bits per heavy atom. The zero-order valence-corrected chi connectivity index (χ0v) is 12.2. The van der Waals surface area contributed by atoms with E-state index in [1.165, 1.54) is 6.33 Å². The van der Waals surface area contributed by atoms with Crippen LogP contribution in [0.15, 0.2) is 36.8 Å². The van der Waals surface area contributed by atoms with Crippen LogP contribution in [0.4, 0.5) is 11.5 Å². The second kappa shape index (κ2) is 6.53. The Hall–Kier alpha value is -1.37. The van der Waals surface area contributed by atoms with Crippen LogP contribution >= 0.6 is 22.6 Å². The van der Waals surface area contributed by atoms with Gasteiger partial charge in [-0.05, 0) is 53.3 Å². The summed E-state index contributed by atoms with van der Waals surface area (Å²) < 4.78 is 6.52. The van der Waals surface area contributed by atoms with E-state index >= 15 is 0 Å². The highest BCUT2D eigenvalue weighted by molar-refractivity contribution is 14.1. The summed E-state index contributed by atoms with van der Waals surface area (Å²) in [5.74, 6) is 1.70. The number of aromatic nitrogens is 2. The van der Waals surface area contributed by atoms with Crippen molar-refractivity contribution in [2.75, 3.05) is 11.9 Å². The Balaban J connectivity index is 2.04. The smallest absolute Gasteiger partial charge is 0.147 e. The van der Waals surface area contributed by atoms with Crippen LogP contribution in [0, 0.1) is 3.57 Å². The highest BCUT2D eigenvalue weighted by atomic mass is 127. The van der Waals surface area contributed by atoms with Crippen LogP contribution < -0.4 is 10.1 Å². The number of hydrogen-bond donors (Lipinski definition) is 1. The molecule has 2 rings (SSSR count). The second-order valence-corrected chi connectivity index (χ2v) is 4.88. The predicted molar refractivity (Wildman–Crippen MR) is 80.3 cm³/mol. The molecule has 1 aromatic carbocycles. The molecule has 1 heterocycles. The maximum atomic E-state index is 5.53. The molecule has 0 saturated carbocycles. The number of hydrogen-bond acceptors (Lipinski definition) is 4. The third kappa shape index (κ3) is 3.56. The van der Waals surface area contributed by atoms with Crippen LogP contribution in [0.3, 0.4) is 0 Å². The fraction of sp³-hybridized carbons (Fsp3) is 0.231. The van der Waals surface area contributed by atoms with E-state index < -0.39 is 0 Å². The number of ether oxygens (including phenoxy) is 1. The van der Waals surface area contributed by atoms with E-state index in [0.29, 0.717) is 0 Å². The number of nitrogens with zero attached hydrogens (tertiary/aromatic N) is 2. The van der Waals surface area contributed by atoms with E-state index in [4.69, 9.17) is 4.74 Å². The van der Waals surface area contributed by atoms with E-state index in [9.17, 15) is 0 Å². The minimum Gasteiger partial charge on any atom is -0.494 e. The van der Waals surface area contributed by atoms with Crippen molar-refractivity contribution < 1.29 is 4.74 Å². The summed E-state index contributed by atoms with van der Waals surface area (Å²) in [5, 5.41) is 3.24. The first-order valence-electron chi connectivity index (χ1n) is 5.75. The van der Waals surface area contributed by atoms with Gasteiger partial charge in [-0.25, -0.2) is 9.97 Å². The van der Waals surface area contributed by atoms with Gasteiger partial charge in [0.2, 0.25) is 0 Å². The van der Waals surface area contributed by atoms with Gasteiger partial charge in [0.1, 0.15) is 17.9 Å². The van der Waals surface area contributed by atoms with E-state index in [1.807, 2.05) is 24.3 Å². The molecule has 18 heavy (non-hydrogen) atoms. The molecule has 4 nitrogen and oxygen atoms in total. The fourth-order valence-corrected chi connectivity index (χ4v) is 1.83. The van der Waals surface area contributed by atoms with Gasteiger partial charge in [-0.2, -0.15) is 0 Å². The summed E-state index contributed by atoms with van der Waals surface area (Å²) in [6.07, 6.45) is 4.32. The Morgan fingerprint density at radius 2 is 2.06 bits per heavy atom. The highest BCUT2D eigenvalue weighted by Crippen LogP contribution is 2.21. The van der Waals surface area contributed by atoms with Gasteiger partial charge in [0.05, 0.1) is 10.2 Å². The highest BCUT2D eigenvalue weighted by Gasteiger charge is 2.01. The summed E-state index contributed by atoms with van der Waals surface area (Å²) in [6.45, 7) is 2.84. The third-order valence-electron chi connectivity index (χ3n) is 2.26. The largest absolute Gasteiger partial charge is 0.494 e. The van der Waals surface area contributed by atoms with E-state index in [-0.39, 0.29) is 0 Å². The Labute approximate surface area is 120 Å². The third-order valence-corrected chi connectivity index (χ3v) is 3.05. The van der Waals surface area contributed by atoms with Crippen molar-refractivity contribution in [3.63, 3.8) is 0 Å². The fourth-order valence-electron chi connectivity index (χ4n) is 1.40. The lowest BCUT2D eigenvalue weighted by Gasteiger charge is -2.08.